The third-order valence-corrected chi connectivity index (χ3v) is 7.45. The summed E-state index contributed by atoms with van der Waals surface area (Å²) in [6.07, 6.45) is 3.37. The highest BCUT2D eigenvalue weighted by Gasteiger charge is 2.47. The van der Waals surface area contributed by atoms with E-state index in [1.807, 2.05) is 0 Å². The quantitative estimate of drug-likeness (QED) is 0.291. The Bertz CT molecular complexity index is 1270. The van der Waals surface area contributed by atoms with Crippen LogP contribution in [0.25, 0.3) is 5.57 Å². The van der Waals surface area contributed by atoms with Crippen LogP contribution in [0.4, 0.5) is 0 Å². The van der Waals surface area contributed by atoms with Gasteiger partial charge in [-0.05, 0) is 72.4 Å². The Morgan fingerprint density at radius 3 is 1.51 bits per heavy atom. The van der Waals surface area contributed by atoms with Gasteiger partial charge in [-0.3, -0.25) is 0 Å². The van der Waals surface area contributed by atoms with E-state index in [4.69, 9.17) is 9.47 Å². The normalized spacial score (nSPS) is 16.6. The van der Waals surface area contributed by atoms with Gasteiger partial charge in [0.15, 0.2) is 0 Å². The van der Waals surface area contributed by atoms with Crippen LogP contribution in [-0.4, -0.2) is 14.2 Å². The minimum atomic E-state index is -0.217. The van der Waals surface area contributed by atoms with Gasteiger partial charge in [-0.1, -0.05) is 90.0 Å². The first-order valence-corrected chi connectivity index (χ1v) is 12.2. The van der Waals surface area contributed by atoms with Gasteiger partial charge in [0.2, 0.25) is 0 Å². The minimum Gasteiger partial charge on any atom is -0.497 e. The molecule has 1 atom stereocenters. The molecule has 0 bridgehead atoms. The van der Waals surface area contributed by atoms with Crippen molar-refractivity contribution in [2.24, 2.45) is 0 Å². The zero-order valence-electron chi connectivity index (χ0n) is 20.9. The summed E-state index contributed by atoms with van der Waals surface area (Å²) < 4.78 is 10.9. The van der Waals surface area contributed by atoms with Gasteiger partial charge in [0.05, 0.1) is 14.2 Å². The first-order chi connectivity index (χ1) is 17.0. The van der Waals surface area contributed by atoms with E-state index in [1.165, 1.54) is 39.0 Å². The highest BCUT2D eigenvalue weighted by molar-refractivity contribution is 5.79. The van der Waals surface area contributed by atoms with Crippen molar-refractivity contribution in [3.8, 4) is 11.5 Å². The van der Waals surface area contributed by atoms with Crippen molar-refractivity contribution in [1.82, 2.24) is 0 Å². The summed E-state index contributed by atoms with van der Waals surface area (Å²) in [5, 5.41) is 0. The van der Waals surface area contributed by atoms with Crippen LogP contribution in [0, 0.1) is 13.8 Å². The molecule has 176 valence electrons. The number of hydrogen-bond donors (Lipinski definition) is 0. The Kier molecular flexibility index (Phi) is 6.21. The Balaban J connectivity index is 1.74. The standard InChI is InChI=1S/C33H32O2/c1-23-5-13-27(14-6-23)33(28-15-7-24(2)8-16-28)22-21-31(25-9-17-29(34-3)18-10-25)32(33)26-11-19-30(35-4)20-12-26/h5-21,32H,22H2,1-4H3. The molecule has 4 aromatic carbocycles. The Hall–Kier alpha value is -3.78. The molecule has 0 aromatic heterocycles. The van der Waals surface area contributed by atoms with E-state index >= 15 is 0 Å². The molecule has 5 rings (SSSR count). The second-order valence-electron chi connectivity index (χ2n) is 9.50. The number of rotatable bonds is 6. The molecule has 1 aliphatic carbocycles. The van der Waals surface area contributed by atoms with E-state index < -0.39 is 0 Å². The lowest BCUT2D eigenvalue weighted by atomic mass is 9.63. The van der Waals surface area contributed by atoms with Crippen LogP contribution in [0.15, 0.2) is 103 Å². The Morgan fingerprint density at radius 1 is 0.600 bits per heavy atom. The summed E-state index contributed by atoms with van der Waals surface area (Å²) in [5.41, 5.74) is 8.87. The van der Waals surface area contributed by atoms with Crippen LogP contribution in [0.3, 0.4) is 0 Å². The fraction of sp³-hybridized carbons (Fsp3) is 0.212. The fourth-order valence-electron chi connectivity index (χ4n) is 5.54. The molecule has 35 heavy (non-hydrogen) atoms. The molecule has 0 heterocycles. The summed E-state index contributed by atoms with van der Waals surface area (Å²) >= 11 is 0. The second kappa shape index (κ2) is 9.46. The van der Waals surface area contributed by atoms with Crippen LogP contribution < -0.4 is 9.47 Å². The van der Waals surface area contributed by atoms with E-state index in [-0.39, 0.29) is 11.3 Å². The average Bonchev–Trinajstić information content (AvgIpc) is 3.31. The number of aryl methyl sites for hydroxylation is 2. The van der Waals surface area contributed by atoms with Crippen LogP contribution in [0.1, 0.15) is 45.7 Å². The van der Waals surface area contributed by atoms with E-state index in [0.717, 1.165) is 17.9 Å². The maximum Gasteiger partial charge on any atom is 0.118 e. The molecule has 0 fully saturated rings. The zero-order valence-corrected chi connectivity index (χ0v) is 20.9. The maximum atomic E-state index is 5.49. The first-order valence-electron chi connectivity index (χ1n) is 12.2. The SMILES string of the molecule is COc1ccc(C2=CCC(c3ccc(C)cc3)(c3ccc(C)cc3)C2c2ccc(OC)cc2)cc1. The van der Waals surface area contributed by atoms with E-state index in [2.05, 4.69) is 117 Å². The molecule has 0 N–H and O–H groups in total. The lowest BCUT2D eigenvalue weighted by molar-refractivity contribution is 0.414. The highest BCUT2D eigenvalue weighted by atomic mass is 16.5. The van der Waals surface area contributed by atoms with Crippen molar-refractivity contribution in [2.75, 3.05) is 14.2 Å². The van der Waals surface area contributed by atoms with Crippen LogP contribution in [-0.2, 0) is 5.41 Å². The number of hydrogen-bond acceptors (Lipinski definition) is 2. The molecular weight excluding hydrogens is 428 g/mol. The topological polar surface area (TPSA) is 18.5 Å². The largest absolute Gasteiger partial charge is 0.497 e. The summed E-state index contributed by atoms with van der Waals surface area (Å²) in [4.78, 5) is 0. The third kappa shape index (κ3) is 4.14. The first kappa shape index (κ1) is 23.0. The van der Waals surface area contributed by atoms with Gasteiger partial charge in [-0.25, -0.2) is 0 Å². The lowest BCUT2D eigenvalue weighted by Crippen LogP contribution is -2.32. The number of benzene rings is 4. The van der Waals surface area contributed by atoms with E-state index in [1.54, 1.807) is 14.2 Å². The summed E-state index contributed by atoms with van der Waals surface area (Å²) in [7, 11) is 3.43. The van der Waals surface area contributed by atoms with Gasteiger partial charge in [0, 0.05) is 11.3 Å². The van der Waals surface area contributed by atoms with Gasteiger partial charge in [0.25, 0.3) is 0 Å². The van der Waals surface area contributed by atoms with Crippen LogP contribution >= 0.6 is 0 Å². The van der Waals surface area contributed by atoms with E-state index in [0.29, 0.717) is 0 Å². The Labute approximate surface area is 208 Å². The van der Waals surface area contributed by atoms with Gasteiger partial charge in [0.1, 0.15) is 11.5 Å². The fourth-order valence-corrected chi connectivity index (χ4v) is 5.54. The molecule has 1 unspecified atom stereocenters. The van der Waals surface area contributed by atoms with Gasteiger partial charge >= 0.3 is 0 Å². The molecule has 0 aliphatic heterocycles. The van der Waals surface area contributed by atoms with Crippen molar-refractivity contribution >= 4 is 5.57 Å². The van der Waals surface area contributed by atoms with Gasteiger partial charge in [-0.2, -0.15) is 0 Å². The molecular formula is C33H32O2. The number of allylic oxidation sites excluding steroid dienone is 2. The van der Waals surface area contributed by atoms with Crippen molar-refractivity contribution in [1.29, 1.82) is 0 Å². The molecule has 2 nitrogen and oxygen atoms in total. The van der Waals surface area contributed by atoms with E-state index in [9.17, 15) is 0 Å². The Morgan fingerprint density at radius 2 is 1.06 bits per heavy atom. The zero-order chi connectivity index (χ0) is 24.4. The van der Waals surface area contributed by atoms with Crippen molar-refractivity contribution in [3.05, 3.63) is 137 Å². The van der Waals surface area contributed by atoms with Crippen molar-refractivity contribution in [3.63, 3.8) is 0 Å². The molecule has 0 saturated heterocycles. The van der Waals surface area contributed by atoms with Crippen LogP contribution in [0.5, 0.6) is 11.5 Å². The number of methoxy groups -OCH3 is 2. The predicted octanol–water partition coefficient (Wildman–Crippen LogP) is 7.88. The lowest BCUT2D eigenvalue weighted by Gasteiger charge is -2.39. The summed E-state index contributed by atoms with van der Waals surface area (Å²) in [6.45, 7) is 4.30. The summed E-state index contributed by atoms with van der Waals surface area (Å²) in [6, 6.07) is 35.3. The van der Waals surface area contributed by atoms with Gasteiger partial charge in [-0.15, -0.1) is 0 Å². The smallest absolute Gasteiger partial charge is 0.118 e. The molecule has 1 aliphatic rings. The average molecular weight is 461 g/mol. The molecule has 0 amide bonds. The van der Waals surface area contributed by atoms with Crippen molar-refractivity contribution in [2.45, 2.75) is 31.6 Å². The molecule has 0 spiro atoms. The van der Waals surface area contributed by atoms with Crippen LogP contribution in [0.2, 0.25) is 0 Å². The molecule has 2 heteroatoms. The number of ether oxygens (including phenoxy) is 2. The van der Waals surface area contributed by atoms with Gasteiger partial charge < -0.3 is 9.47 Å². The molecule has 0 saturated carbocycles. The second-order valence-corrected chi connectivity index (χ2v) is 9.50. The minimum absolute atomic E-state index is 0.146. The predicted molar refractivity (Wildman–Crippen MR) is 144 cm³/mol. The monoisotopic (exact) mass is 460 g/mol. The molecule has 4 aromatic rings. The highest BCUT2D eigenvalue weighted by Crippen LogP contribution is 2.58. The third-order valence-electron chi connectivity index (χ3n) is 7.45. The molecule has 0 radical (unpaired) electrons. The maximum absolute atomic E-state index is 5.49. The summed E-state index contributed by atoms with van der Waals surface area (Å²) in [5.74, 6) is 1.89. The van der Waals surface area contributed by atoms with Crippen molar-refractivity contribution < 1.29 is 9.47 Å².